The van der Waals surface area contributed by atoms with Crippen LogP contribution in [0.25, 0.3) is 6.08 Å². The summed E-state index contributed by atoms with van der Waals surface area (Å²) < 4.78 is 15.6. The van der Waals surface area contributed by atoms with Crippen LogP contribution >= 0.6 is 11.6 Å². The molecule has 2 aromatic rings. The highest BCUT2D eigenvalue weighted by Crippen LogP contribution is 2.36. The molecule has 0 aromatic heterocycles. The number of halogens is 1. The van der Waals surface area contributed by atoms with Crippen LogP contribution in [-0.4, -0.2) is 46.3 Å². The van der Waals surface area contributed by atoms with Gasteiger partial charge < -0.3 is 24.4 Å². The maximum absolute atomic E-state index is 12.3. The van der Waals surface area contributed by atoms with Gasteiger partial charge in [-0.25, -0.2) is 4.79 Å². The number of nitrogens with zero attached hydrogens (tertiary/aromatic N) is 1. The molecular formula is C22H25ClN2O5. The molecule has 0 saturated heterocycles. The number of hydrogen-bond donors (Lipinski definition) is 1. The molecule has 0 spiro atoms. The molecule has 0 aliphatic carbocycles. The molecule has 2 rings (SSSR count). The van der Waals surface area contributed by atoms with Crippen LogP contribution in [0.5, 0.6) is 11.5 Å². The number of esters is 1. The Morgan fingerprint density at radius 2 is 1.77 bits per heavy atom. The minimum Gasteiger partial charge on any atom is -0.493 e. The smallest absolute Gasteiger partial charge is 0.331 e. The average molecular weight is 433 g/mol. The number of carbonyl (C=O) groups excluding carboxylic acids is 2. The van der Waals surface area contributed by atoms with E-state index in [9.17, 15) is 9.59 Å². The topological polar surface area (TPSA) is 77.1 Å². The first-order valence-electron chi connectivity index (χ1n) is 9.13. The lowest BCUT2D eigenvalue weighted by molar-refractivity contribution is -0.148. The van der Waals surface area contributed by atoms with Crippen molar-refractivity contribution >= 4 is 40.9 Å². The monoisotopic (exact) mass is 432 g/mol. The third kappa shape index (κ3) is 6.15. The number of ether oxygens (including phenoxy) is 3. The molecule has 8 heteroatoms. The highest BCUT2D eigenvalue weighted by molar-refractivity contribution is 6.32. The first-order valence-corrected chi connectivity index (χ1v) is 9.51. The van der Waals surface area contributed by atoms with E-state index in [-0.39, 0.29) is 0 Å². The van der Waals surface area contributed by atoms with E-state index in [1.807, 2.05) is 31.1 Å². The zero-order valence-electron chi connectivity index (χ0n) is 17.6. The summed E-state index contributed by atoms with van der Waals surface area (Å²) in [6.07, 6.45) is 1.76. The second kappa shape index (κ2) is 10.5. The Kier molecular flexibility index (Phi) is 8.12. The SMILES string of the molecule is COc1cc(/C=C/C(=O)OC(C)C(=O)Nc2ccc(N(C)C)cc2)cc(Cl)c1OC. The van der Waals surface area contributed by atoms with Gasteiger partial charge in [0.05, 0.1) is 19.2 Å². The number of rotatable bonds is 8. The van der Waals surface area contributed by atoms with Crippen LogP contribution < -0.4 is 19.7 Å². The Hall–Kier alpha value is -3.19. The molecule has 2 aromatic carbocycles. The van der Waals surface area contributed by atoms with E-state index in [0.717, 1.165) is 5.69 Å². The van der Waals surface area contributed by atoms with Gasteiger partial charge in [0.25, 0.3) is 5.91 Å². The highest BCUT2D eigenvalue weighted by Gasteiger charge is 2.17. The van der Waals surface area contributed by atoms with Crippen molar-refractivity contribution in [1.29, 1.82) is 0 Å². The van der Waals surface area contributed by atoms with Gasteiger partial charge in [0.2, 0.25) is 0 Å². The lowest BCUT2D eigenvalue weighted by Gasteiger charge is -2.15. The standard InChI is InChI=1S/C22H25ClN2O5/c1-14(22(27)24-16-7-9-17(10-8-16)25(2)3)30-20(26)11-6-15-12-18(23)21(29-5)19(13-15)28-4/h6-14H,1-5H3,(H,24,27)/b11-6+. The molecule has 0 aliphatic rings. The number of methoxy groups -OCH3 is 2. The second-order valence-electron chi connectivity index (χ2n) is 6.58. The van der Waals surface area contributed by atoms with Crippen LogP contribution in [-0.2, 0) is 14.3 Å². The lowest BCUT2D eigenvalue weighted by atomic mass is 10.2. The summed E-state index contributed by atoms with van der Waals surface area (Å²) in [5, 5.41) is 3.06. The van der Waals surface area contributed by atoms with Crippen molar-refractivity contribution < 1.29 is 23.8 Å². The Bertz CT molecular complexity index is 926. The summed E-state index contributed by atoms with van der Waals surface area (Å²) in [7, 11) is 6.83. The summed E-state index contributed by atoms with van der Waals surface area (Å²) in [5.74, 6) is -0.246. The van der Waals surface area contributed by atoms with Crippen molar-refractivity contribution in [3.63, 3.8) is 0 Å². The Balaban J connectivity index is 1.96. The highest BCUT2D eigenvalue weighted by atomic mass is 35.5. The van der Waals surface area contributed by atoms with E-state index in [1.54, 1.807) is 24.3 Å². The molecule has 1 unspecified atom stereocenters. The van der Waals surface area contributed by atoms with Gasteiger partial charge in [-0.15, -0.1) is 0 Å². The third-order valence-corrected chi connectivity index (χ3v) is 4.46. The average Bonchev–Trinajstić information content (AvgIpc) is 2.72. The van der Waals surface area contributed by atoms with Gasteiger partial charge >= 0.3 is 5.97 Å². The molecule has 1 atom stereocenters. The minimum absolute atomic E-state index is 0.345. The van der Waals surface area contributed by atoms with E-state index < -0.39 is 18.0 Å². The van der Waals surface area contributed by atoms with Crippen molar-refractivity contribution in [2.24, 2.45) is 0 Å². The van der Waals surface area contributed by atoms with Crippen molar-refractivity contribution in [3.8, 4) is 11.5 Å². The molecule has 1 amide bonds. The number of carbonyl (C=O) groups is 2. The second-order valence-corrected chi connectivity index (χ2v) is 6.99. The van der Waals surface area contributed by atoms with Gasteiger partial charge in [-0.05, 0) is 55.0 Å². The fourth-order valence-corrected chi connectivity index (χ4v) is 2.85. The number of amides is 1. The predicted molar refractivity (Wildman–Crippen MR) is 119 cm³/mol. The van der Waals surface area contributed by atoms with E-state index in [2.05, 4.69) is 5.32 Å². The zero-order chi connectivity index (χ0) is 22.3. The first-order chi connectivity index (χ1) is 14.2. The van der Waals surface area contributed by atoms with Gasteiger partial charge in [-0.3, -0.25) is 4.79 Å². The van der Waals surface area contributed by atoms with Gasteiger partial charge in [0.15, 0.2) is 17.6 Å². The summed E-state index contributed by atoms with van der Waals surface area (Å²) in [6.45, 7) is 1.50. The van der Waals surface area contributed by atoms with Gasteiger partial charge in [0.1, 0.15) is 0 Å². The van der Waals surface area contributed by atoms with Crippen LogP contribution in [0.3, 0.4) is 0 Å². The molecule has 1 N–H and O–H groups in total. The fourth-order valence-electron chi connectivity index (χ4n) is 2.55. The van der Waals surface area contributed by atoms with Crippen molar-refractivity contribution in [1.82, 2.24) is 0 Å². The summed E-state index contributed by atoms with van der Waals surface area (Å²) in [4.78, 5) is 26.3. The Morgan fingerprint density at radius 3 is 2.33 bits per heavy atom. The van der Waals surface area contributed by atoms with Crippen molar-refractivity contribution in [2.75, 3.05) is 38.5 Å². The molecule has 0 fully saturated rings. The molecule has 30 heavy (non-hydrogen) atoms. The molecule has 0 bridgehead atoms. The molecule has 7 nitrogen and oxygen atoms in total. The van der Waals surface area contributed by atoms with Crippen molar-refractivity contribution in [2.45, 2.75) is 13.0 Å². The Labute approximate surface area is 181 Å². The maximum Gasteiger partial charge on any atom is 0.331 e. The quantitative estimate of drug-likeness (QED) is 0.501. The third-order valence-electron chi connectivity index (χ3n) is 4.18. The zero-order valence-corrected chi connectivity index (χ0v) is 18.3. The van der Waals surface area contributed by atoms with Crippen LogP contribution in [0.2, 0.25) is 5.02 Å². The minimum atomic E-state index is -0.968. The van der Waals surface area contributed by atoms with Gasteiger partial charge in [-0.1, -0.05) is 11.6 Å². The van der Waals surface area contributed by atoms with E-state index in [4.69, 9.17) is 25.8 Å². The fraction of sp³-hybridized carbons (Fsp3) is 0.273. The molecule has 160 valence electrons. The number of nitrogens with one attached hydrogen (secondary N) is 1. The van der Waals surface area contributed by atoms with E-state index in [1.165, 1.54) is 33.3 Å². The predicted octanol–water partition coefficient (Wildman–Crippen LogP) is 4.01. The summed E-state index contributed by atoms with van der Waals surface area (Å²) in [6, 6.07) is 10.6. The normalized spacial score (nSPS) is 11.7. The van der Waals surface area contributed by atoms with Gasteiger partial charge in [-0.2, -0.15) is 0 Å². The number of hydrogen-bond acceptors (Lipinski definition) is 6. The summed E-state index contributed by atoms with van der Waals surface area (Å²) >= 11 is 6.15. The van der Waals surface area contributed by atoms with Crippen LogP contribution in [0.15, 0.2) is 42.5 Å². The summed E-state index contributed by atoms with van der Waals surface area (Å²) in [5.41, 5.74) is 2.24. The molecule has 0 saturated carbocycles. The molecule has 0 aliphatic heterocycles. The van der Waals surface area contributed by atoms with Gasteiger partial charge in [0, 0.05) is 31.5 Å². The maximum atomic E-state index is 12.3. The van der Waals surface area contributed by atoms with Crippen LogP contribution in [0.4, 0.5) is 11.4 Å². The molecular weight excluding hydrogens is 408 g/mol. The number of benzene rings is 2. The van der Waals surface area contributed by atoms with E-state index in [0.29, 0.717) is 27.8 Å². The first kappa shape index (κ1) is 23.1. The molecule has 0 heterocycles. The lowest BCUT2D eigenvalue weighted by Crippen LogP contribution is -2.29. The molecule has 0 radical (unpaired) electrons. The largest absolute Gasteiger partial charge is 0.493 e. The number of anilines is 2. The van der Waals surface area contributed by atoms with E-state index >= 15 is 0 Å². The Morgan fingerprint density at radius 1 is 1.10 bits per heavy atom. The van der Waals surface area contributed by atoms with Crippen LogP contribution in [0, 0.1) is 0 Å². The van der Waals surface area contributed by atoms with Crippen LogP contribution in [0.1, 0.15) is 12.5 Å². The van der Waals surface area contributed by atoms with Crippen molar-refractivity contribution in [3.05, 3.63) is 53.1 Å².